The van der Waals surface area contributed by atoms with Crippen molar-refractivity contribution in [3.05, 3.63) is 48.0 Å². The van der Waals surface area contributed by atoms with Gasteiger partial charge in [0.25, 0.3) is 0 Å². The first-order valence-electron chi connectivity index (χ1n) is 7.86. The predicted molar refractivity (Wildman–Crippen MR) is 95.1 cm³/mol. The van der Waals surface area contributed by atoms with E-state index in [-0.39, 0.29) is 11.9 Å². The number of thioether (sulfide) groups is 1. The average molecular weight is 329 g/mol. The molecule has 1 aliphatic rings. The summed E-state index contributed by atoms with van der Waals surface area (Å²) < 4.78 is 0. The summed E-state index contributed by atoms with van der Waals surface area (Å²) in [7, 11) is 0. The van der Waals surface area contributed by atoms with Crippen molar-refractivity contribution in [2.45, 2.75) is 19.5 Å². The van der Waals surface area contributed by atoms with Crippen molar-refractivity contribution in [3.8, 4) is 6.07 Å². The molecule has 0 aromatic heterocycles. The van der Waals surface area contributed by atoms with Crippen LogP contribution < -0.4 is 0 Å². The largest absolute Gasteiger partial charge is 0.333 e. The monoisotopic (exact) mass is 329 g/mol. The molecule has 0 N–H and O–H groups in total. The zero-order valence-corrected chi connectivity index (χ0v) is 14.4. The van der Waals surface area contributed by atoms with E-state index in [4.69, 9.17) is 5.26 Å². The maximum Gasteiger partial charge on any atom is 0.240 e. The molecule has 1 aromatic carbocycles. The molecular formula is C18H23N3OS. The Labute approximate surface area is 142 Å². The molecule has 0 bridgehead atoms. The van der Waals surface area contributed by atoms with Crippen molar-refractivity contribution < 1.29 is 4.79 Å². The van der Waals surface area contributed by atoms with Crippen LogP contribution in [0.3, 0.4) is 0 Å². The standard InChI is InChI=1S/C18H23N3OS/c1-3-7-21(14-17-6-4-5-16(12-17)13-19)18(22)15(2)20-8-10-23-11-9-20/h3-6,12,15H,1,7-11,14H2,2H3. The lowest BCUT2D eigenvalue weighted by Gasteiger charge is -2.34. The molecule has 1 fully saturated rings. The smallest absolute Gasteiger partial charge is 0.240 e. The van der Waals surface area contributed by atoms with E-state index >= 15 is 0 Å². The van der Waals surface area contributed by atoms with E-state index in [1.54, 1.807) is 12.1 Å². The van der Waals surface area contributed by atoms with E-state index in [0.29, 0.717) is 18.7 Å². The number of rotatable bonds is 6. The highest BCUT2D eigenvalue weighted by Crippen LogP contribution is 2.15. The fourth-order valence-corrected chi connectivity index (χ4v) is 3.66. The summed E-state index contributed by atoms with van der Waals surface area (Å²) in [4.78, 5) is 16.9. The minimum absolute atomic E-state index is 0.116. The van der Waals surface area contributed by atoms with Crippen molar-refractivity contribution in [2.24, 2.45) is 0 Å². The Morgan fingerprint density at radius 2 is 2.26 bits per heavy atom. The maximum absolute atomic E-state index is 12.9. The quantitative estimate of drug-likeness (QED) is 0.753. The molecule has 1 heterocycles. The van der Waals surface area contributed by atoms with Crippen molar-refractivity contribution >= 4 is 17.7 Å². The lowest BCUT2D eigenvalue weighted by Crippen LogP contribution is -2.49. The van der Waals surface area contributed by atoms with E-state index < -0.39 is 0 Å². The van der Waals surface area contributed by atoms with E-state index in [0.717, 1.165) is 30.2 Å². The van der Waals surface area contributed by atoms with Gasteiger partial charge in [-0.05, 0) is 24.6 Å². The van der Waals surface area contributed by atoms with Gasteiger partial charge in [0.15, 0.2) is 0 Å². The van der Waals surface area contributed by atoms with Crippen molar-refractivity contribution in [1.82, 2.24) is 9.80 Å². The number of carbonyl (C=O) groups excluding carboxylic acids is 1. The summed E-state index contributed by atoms with van der Waals surface area (Å²) in [6.07, 6.45) is 1.75. The molecule has 1 aromatic rings. The molecule has 0 aliphatic carbocycles. The first-order valence-corrected chi connectivity index (χ1v) is 9.01. The summed E-state index contributed by atoms with van der Waals surface area (Å²) >= 11 is 1.94. The second-order valence-electron chi connectivity index (χ2n) is 5.64. The van der Waals surface area contributed by atoms with Gasteiger partial charge in [-0.15, -0.1) is 6.58 Å². The molecule has 0 spiro atoms. The highest BCUT2D eigenvalue weighted by Gasteiger charge is 2.26. The van der Waals surface area contributed by atoms with Crippen LogP contribution in [0.25, 0.3) is 0 Å². The topological polar surface area (TPSA) is 47.3 Å². The summed E-state index contributed by atoms with van der Waals surface area (Å²) in [6.45, 7) is 8.70. The molecule has 2 rings (SSSR count). The Hall–Kier alpha value is -1.77. The first kappa shape index (κ1) is 17.6. The molecule has 1 aliphatic heterocycles. The Morgan fingerprint density at radius 1 is 1.52 bits per heavy atom. The summed E-state index contributed by atoms with van der Waals surface area (Å²) in [5, 5.41) is 9.01. The minimum Gasteiger partial charge on any atom is -0.333 e. The van der Waals surface area contributed by atoms with Crippen LogP contribution in [0.15, 0.2) is 36.9 Å². The molecule has 1 unspecified atom stereocenters. The van der Waals surface area contributed by atoms with Gasteiger partial charge < -0.3 is 4.90 Å². The average Bonchev–Trinajstić information content (AvgIpc) is 2.61. The number of carbonyl (C=O) groups is 1. The fraction of sp³-hybridized carbons (Fsp3) is 0.444. The van der Waals surface area contributed by atoms with Gasteiger partial charge in [-0.2, -0.15) is 17.0 Å². The lowest BCUT2D eigenvalue weighted by molar-refractivity contribution is -0.136. The third-order valence-corrected chi connectivity index (χ3v) is 4.98. The number of nitriles is 1. The molecule has 5 heteroatoms. The van der Waals surface area contributed by atoms with Crippen LogP contribution in [0, 0.1) is 11.3 Å². The molecule has 0 saturated carbocycles. The van der Waals surface area contributed by atoms with E-state index in [9.17, 15) is 4.79 Å². The lowest BCUT2D eigenvalue weighted by atomic mass is 10.1. The molecule has 4 nitrogen and oxygen atoms in total. The molecule has 0 radical (unpaired) electrons. The highest BCUT2D eigenvalue weighted by molar-refractivity contribution is 7.99. The van der Waals surface area contributed by atoms with Crippen molar-refractivity contribution in [1.29, 1.82) is 5.26 Å². The van der Waals surface area contributed by atoms with Crippen LogP contribution in [-0.4, -0.2) is 52.9 Å². The Morgan fingerprint density at radius 3 is 2.91 bits per heavy atom. The maximum atomic E-state index is 12.9. The van der Waals surface area contributed by atoms with Crippen molar-refractivity contribution in [2.75, 3.05) is 31.1 Å². The van der Waals surface area contributed by atoms with Crippen LogP contribution in [0.4, 0.5) is 0 Å². The van der Waals surface area contributed by atoms with Gasteiger partial charge in [-0.3, -0.25) is 9.69 Å². The van der Waals surface area contributed by atoms with Gasteiger partial charge in [-0.1, -0.05) is 18.2 Å². The highest BCUT2D eigenvalue weighted by atomic mass is 32.2. The van der Waals surface area contributed by atoms with Gasteiger partial charge in [0.2, 0.25) is 5.91 Å². The van der Waals surface area contributed by atoms with Gasteiger partial charge >= 0.3 is 0 Å². The van der Waals surface area contributed by atoms with Crippen LogP contribution in [0.5, 0.6) is 0 Å². The van der Waals surface area contributed by atoms with E-state index in [1.807, 2.05) is 41.8 Å². The Kier molecular flexibility index (Phi) is 6.69. The number of benzene rings is 1. The second-order valence-corrected chi connectivity index (χ2v) is 6.87. The molecule has 23 heavy (non-hydrogen) atoms. The number of hydrogen-bond acceptors (Lipinski definition) is 4. The normalized spacial score (nSPS) is 16.3. The molecular weight excluding hydrogens is 306 g/mol. The molecule has 122 valence electrons. The van der Waals surface area contributed by atoms with Gasteiger partial charge in [0, 0.05) is 37.7 Å². The Bertz CT molecular complexity index is 590. The van der Waals surface area contributed by atoms with Crippen LogP contribution in [-0.2, 0) is 11.3 Å². The zero-order valence-electron chi connectivity index (χ0n) is 13.6. The van der Waals surface area contributed by atoms with Gasteiger partial charge in [-0.25, -0.2) is 0 Å². The zero-order chi connectivity index (χ0) is 16.7. The third kappa shape index (κ3) is 4.85. The third-order valence-electron chi connectivity index (χ3n) is 4.04. The summed E-state index contributed by atoms with van der Waals surface area (Å²) in [6, 6.07) is 9.45. The summed E-state index contributed by atoms with van der Waals surface area (Å²) in [5.74, 6) is 2.30. The first-order chi connectivity index (χ1) is 11.2. The SMILES string of the molecule is C=CCN(Cc1cccc(C#N)c1)C(=O)C(C)N1CCSCC1. The number of amides is 1. The van der Waals surface area contributed by atoms with E-state index in [1.165, 1.54) is 0 Å². The minimum atomic E-state index is -0.116. The second kappa shape index (κ2) is 8.76. The van der Waals surface area contributed by atoms with Crippen LogP contribution in [0.2, 0.25) is 0 Å². The Balaban J connectivity index is 2.08. The van der Waals surface area contributed by atoms with E-state index in [2.05, 4.69) is 17.5 Å². The summed E-state index contributed by atoms with van der Waals surface area (Å²) in [5.41, 5.74) is 1.59. The molecule has 1 atom stereocenters. The number of hydrogen-bond donors (Lipinski definition) is 0. The number of nitrogens with zero attached hydrogens (tertiary/aromatic N) is 3. The van der Waals surface area contributed by atoms with Gasteiger partial charge in [0.05, 0.1) is 17.7 Å². The molecule has 1 saturated heterocycles. The van der Waals surface area contributed by atoms with Crippen LogP contribution >= 0.6 is 11.8 Å². The van der Waals surface area contributed by atoms with Crippen LogP contribution in [0.1, 0.15) is 18.1 Å². The van der Waals surface area contributed by atoms with Gasteiger partial charge in [0.1, 0.15) is 0 Å². The predicted octanol–water partition coefficient (Wildman–Crippen LogP) is 2.51. The van der Waals surface area contributed by atoms with Crippen molar-refractivity contribution in [3.63, 3.8) is 0 Å². The fourth-order valence-electron chi connectivity index (χ4n) is 2.73. The molecule has 1 amide bonds.